The summed E-state index contributed by atoms with van der Waals surface area (Å²) >= 11 is 0. The summed E-state index contributed by atoms with van der Waals surface area (Å²) in [5.41, 5.74) is 1.05. The third-order valence-corrected chi connectivity index (χ3v) is 5.76. The molecular formula is C26H30F3N3O3. The van der Waals surface area contributed by atoms with Crippen molar-refractivity contribution in [3.8, 4) is 0 Å². The van der Waals surface area contributed by atoms with E-state index in [9.17, 15) is 22.8 Å². The number of amides is 2. The molecule has 1 heterocycles. The molecule has 35 heavy (non-hydrogen) atoms. The highest BCUT2D eigenvalue weighted by Gasteiger charge is 2.33. The first-order valence-corrected chi connectivity index (χ1v) is 11.5. The fourth-order valence-electron chi connectivity index (χ4n) is 3.60. The summed E-state index contributed by atoms with van der Waals surface area (Å²) in [6, 6.07) is 11.6. The number of hydrogen-bond donors (Lipinski definition) is 1. The Labute approximate surface area is 203 Å². The molecule has 0 bridgehead atoms. The second kappa shape index (κ2) is 11.0. The first-order chi connectivity index (χ1) is 16.5. The van der Waals surface area contributed by atoms with Crippen molar-refractivity contribution in [3.05, 3.63) is 65.2 Å². The summed E-state index contributed by atoms with van der Waals surface area (Å²) in [6.45, 7) is 6.59. The zero-order valence-corrected chi connectivity index (χ0v) is 20.2. The molecule has 0 saturated carbocycles. The van der Waals surface area contributed by atoms with E-state index >= 15 is 0 Å². The lowest BCUT2D eigenvalue weighted by atomic mass is 9.99. The van der Waals surface area contributed by atoms with Crippen LogP contribution in [0.3, 0.4) is 0 Å². The lowest BCUT2D eigenvalue weighted by molar-refractivity contribution is -0.137. The van der Waals surface area contributed by atoms with Crippen LogP contribution in [0.25, 0.3) is 0 Å². The molecule has 0 spiro atoms. The minimum absolute atomic E-state index is 0.199. The van der Waals surface area contributed by atoms with Gasteiger partial charge in [-0.2, -0.15) is 13.2 Å². The predicted molar refractivity (Wildman–Crippen MR) is 128 cm³/mol. The monoisotopic (exact) mass is 489 g/mol. The van der Waals surface area contributed by atoms with Gasteiger partial charge in [0.2, 0.25) is 12.1 Å². The van der Waals surface area contributed by atoms with Crippen molar-refractivity contribution in [1.82, 2.24) is 5.32 Å². The van der Waals surface area contributed by atoms with Crippen LogP contribution in [-0.4, -0.2) is 44.0 Å². The van der Waals surface area contributed by atoms with E-state index in [1.165, 1.54) is 17.0 Å². The van der Waals surface area contributed by atoms with Gasteiger partial charge in [0.15, 0.2) is 0 Å². The van der Waals surface area contributed by atoms with Crippen LogP contribution in [-0.2, 0) is 20.5 Å². The van der Waals surface area contributed by atoms with E-state index in [-0.39, 0.29) is 6.61 Å². The smallest absolute Gasteiger partial charge is 0.381 e. The van der Waals surface area contributed by atoms with Crippen molar-refractivity contribution in [2.75, 3.05) is 25.2 Å². The Morgan fingerprint density at radius 1 is 1.11 bits per heavy atom. The Morgan fingerprint density at radius 2 is 1.77 bits per heavy atom. The number of carbonyl (C=O) groups is 2. The van der Waals surface area contributed by atoms with Crippen LogP contribution in [0.5, 0.6) is 0 Å². The number of aliphatic imine (C=N–C) groups is 1. The standard InChI is InChI=1S/C26H30F3N3O3/c1-16(2)13-14-35-15-17(3)24(33)31-23-25(34)32(4)21-8-6-5-7-20(21)22(30-23)18-9-11-19(12-10-18)26(27,28)29/h5-12,16-17,23H,13-15H2,1-4H3,(H,31,33)/t17-,23?/m0/s1. The number of nitrogens with one attached hydrogen (secondary N) is 1. The molecule has 1 N–H and O–H groups in total. The van der Waals surface area contributed by atoms with Gasteiger partial charge in [-0.3, -0.25) is 9.59 Å². The lowest BCUT2D eigenvalue weighted by Crippen LogP contribution is -2.48. The molecule has 1 unspecified atom stereocenters. The normalized spacial score (nSPS) is 17.0. The Bertz CT molecular complexity index is 1080. The first kappa shape index (κ1) is 26.4. The number of anilines is 1. The summed E-state index contributed by atoms with van der Waals surface area (Å²) in [7, 11) is 1.57. The Hall–Kier alpha value is -3.20. The average molecular weight is 490 g/mol. The number of para-hydroxylation sites is 1. The van der Waals surface area contributed by atoms with Gasteiger partial charge in [-0.1, -0.05) is 51.1 Å². The van der Waals surface area contributed by atoms with Gasteiger partial charge >= 0.3 is 6.18 Å². The fraction of sp³-hybridized carbons (Fsp3) is 0.423. The molecule has 6 nitrogen and oxygen atoms in total. The van der Waals surface area contributed by atoms with Crippen LogP contribution in [0.15, 0.2) is 53.5 Å². The Balaban J connectivity index is 1.89. The lowest BCUT2D eigenvalue weighted by Gasteiger charge is -2.22. The highest BCUT2D eigenvalue weighted by atomic mass is 19.4. The number of benzene rings is 2. The molecule has 0 aliphatic carbocycles. The number of alkyl halides is 3. The largest absolute Gasteiger partial charge is 0.416 e. The molecule has 0 radical (unpaired) electrons. The van der Waals surface area contributed by atoms with E-state index in [0.29, 0.717) is 35.1 Å². The zero-order chi connectivity index (χ0) is 25.8. The van der Waals surface area contributed by atoms with Crippen molar-refractivity contribution in [1.29, 1.82) is 0 Å². The molecule has 1 aliphatic rings. The molecule has 2 atom stereocenters. The molecule has 2 amide bonds. The van der Waals surface area contributed by atoms with Gasteiger partial charge in [0.05, 0.1) is 29.5 Å². The van der Waals surface area contributed by atoms with E-state index in [1.807, 2.05) is 0 Å². The number of fused-ring (bicyclic) bond motifs is 1. The fourth-order valence-corrected chi connectivity index (χ4v) is 3.60. The molecule has 0 fully saturated rings. The topological polar surface area (TPSA) is 71.0 Å². The number of ether oxygens (including phenoxy) is 1. The van der Waals surface area contributed by atoms with Crippen molar-refractivity contribution >= 4 is 23.2 Å². The van der Waals surface area contributed by atoms with Crippen LogP contribution in [0.2, 0.25) is 0 Å². The average Bonchev–Trinajstić information content (AvgIpc) is 2.92. The second-order valence-electron chi connectivity index (χ2n) is 9.04. The number of hydrogen-bond acceptors (Lipinski definition) is 4. The van der Waals surface area contributed by atoms with Gasteiger partial charge in [-0.05, 0) is 30.5 Å². The maximum Gasteiger partial charge on any atom is 0.416 e. The maximum absolute atomic E-state index is 13.2. The van der Waals surface area contributed by atoms with E-state index < -0.39 is 35.6 Å². The van der Waals surface area contributed by atoms with Gasteiger partial charge in [0, 0.05) is 24.8 Å². The minimum atomic E-state index is -4.47. The van der Waals surface area contributed by atoms with E-state index in [0.717, 1.165) is 18.6 Å². The van der Waals surface area contributed by atoms with Gasteiger partial charge < -0.3 is 15.0 Å². The Morgan fingerprint density at radius 3 is 2.40 bits per heavy atom. The first-order valence-electron chi connectivity index (χ1n) is 11.5. The summed E-state index contributed by atoms with van der Waals surface area (Å²) in [5.74, 6) is -0.892. The highest BCUT2D eigenvalue weighted by molar-refractivity contribution is 6.20. The number of benzodiazepines with no additional fused rings is 1. The highest BCUT2D eigenvalue weighted by Crippen LogP contribution is 2.31. The number of rotatable bonds is 8. The molecular weight excluding hydrogens is 459 g/mol. The predicted octanol–water partition coefficient (Wildman–Crippen LogP) is 4.66. The zero-order valence-electron chi connectivity index (χ0n) is 20.2. The van der Waals surface area contributed by atoms with Crippen molar-refractivity contribution in [3.63, 3.8) is 0 Å². The van der Waals surface area contributed by atoms with E-state index in [1.54, 1.807) is 38.2 Å². The van der Waals surface area contributed by atoms with Gasteiger partial charge in [-0.15, -0.1) is 0 Å². The van der Waals surface area contributed by atoms with Crippen molar-refractivity contribution in [2.24, 2.45) is 16.8 Å². The van der Waals surface area contributed by atoms with Crippen LogP contribution in [0, 0.1) is 11.8 Å². The van der Waals surface area contributed by atoms with Gasteiger partial charge in [0.1, 0.15) is 0 Å². The summed E-state index contributed by atoms with van der Waals surface area (Å²) in [6.07, 6.45) is -4.84. The van der Waals surface area contributed by atoms with Crippen molar-refractivity contribution in [2.45, 2.75) is 39.5 Å². The number of likely N-dealkylation sites (N-methyl/N-ethyl adjacent to an activating group) is 1. The van der Waals surface area contributed by atoms with Crippen LogP contribution >= 0.6 is 0 Å². The Kier molecular flexibility index (Phi) is 8.32. The van der Waals surface area contributed by atoms with Gasteiger partial charge in [0.25, 0.3) is 5.91 Å². The number of carbonyl (C=O) groups excluding carboxylic acids is 2. The molecule has 1 aliphatic heterocycles. The number of halogens is 3. The molecule has 2 aromatic rings. The third kappa shape index (κ3) is 6.48. The van der Waals surface area contributed by atoms with Crippen LogP contribution in [0.4, 0.5) is 18.9 Å². The third-order valence-electron chi connectivity index (χ3n) is 5.76. The summed E-state index contributed by atoms with van der Waals surface area (Å²) in [5, 5.41) is 2.68. The molecule has 188 valence electrons. The van der Waals surface area contributed by atoms with Crippen molar-refractivity contribution < 1.29 is 27.5 Å². The SMILES string of the molecule is CC(C)CCOC[C@H](C)C(=O)NC1N=C(c2ccc(C(F)(F)F)cc2)c2ccccc2N(C)C1=O. The van der Waals surface area contributed by atoms with Crippen LogP contribution < -0.4 is 10.2 Å². The van der Waals surface area contributed by atoms with Gasteiger partial charge in [-0.25, -0.2) is 4.99 Å². The molecule has 0 aromatic heterocycles. The summed E-state index contributed by atoms with van der Waals surface area (Å²) in [4.78, 5) is 31.9. The minimum Gasteiger partial charge on any atom is -0.381 e. The molecule has 9 heteroatoms. The van der Waals surface area contributed by atoms with E-state index in [2.05, 4.69) is 24.2 Å². The molecule has 3 rings (SSSR count). The maximum atomic E-state index is 13.2. The molecule has 0 saturated heterocycles. The molecule has 2 aromatic carbocycles. The number of nitrogens with zero attached hydrogens (tertiary/aromatic N) is 2. The quantitative estimate of drug-likeness (QED) is 0.549. The van der Waals surface area contributed by atoms with Crippen LogP contribution in [0.1, 0.15) is 43.9 Å². The summed E-state index contributed by atoms with van der Waals surface area (Å²) < 4.78 is 44.8. The van der Waals surface area contributed by atoms with E-state index in [4.69, 9.17) is 4.74 Å². The second-order valence-corrected chi connectivity index (χ2v) is 9.04.